The molecule has 1 aromatic heterocycles. The van der Waals surface area contributed by atoms with Crippen molar-refractivity contribution in [2.24, 2.45) is 0 Å². The van der Waals surface area contributed by atoms with Crippen LogP contribution in [0.4, 0.5) is 18.9 Å². The number of benzene rings is 1. The van der Waals surface area contributed by atoms with Crippen molar-refractivity contribution in [3.8, 4) is 0 Å². The molecule has 0 unspecified atom stereocenters. The largest absolute Gasteiger partial charge is 0.406 e. The van der Waals surface area contributed by atoms with Crippen molar-refractivity contribution in [3.05, 3.63) is 30.5 Å². The lowest BCUT2D eigenvalue weighted by atomic mass is 9.90. The minimum absolute atomic E-state index is 0.387. The highest BCUT2D eigenvalue weighted by Crippen LogP contribution is 2.30. The topological polar surface area (TPSA) is 20.2 Å². The van der Waals surface area contributed by atoms with Crippen LogP contribution in [0.3, 0.4) is 0 Å². The zero-order valence-corrected chi connectivity index (χ0v) is 14.1. The molecule has 0 radical (unpaired) electrons. The van der Waals surface area contributed by atoms with Crippen molar-refractivity contribution in [1.82, 2.24) is 9.47 Å². The summed E-state index contributed by atoms with van der Waals surface area (Å²) in [4.78, 5) is 2.27. The van der Waals surface area contributed by atoms with E-state index in [1.165, 1.54) is 10.8 Å². The number of nitrogens with one attached hydrogen (secondary N) is 1. The second-order valence-corrected chi connectivity index (χ2v) is 6.91. The van der Waals surface area contributed by atoms with Gasteiger partial charge in [-0.25, -0.2) is 0 Å². The van der Waals surface area contributed by atoms with Crippen molar-refractivity contribution >= 4 is 16.6 Å². The van der Waals surface area contributed by atoms with Gasteiger partial charge in [-0.1, -0.05) is 6.07 Å². The molecule has 2 aromatic rings. The summed E-state index contributed by atoms with van der Waals surface area (Å²) in [6, 6.07) is 8.32. The number of halogens is 3. The monoisotopic (exact) mass is 339 g/mol. The van der Waals surface area contributed by atoms with Gasteiger partial charge >= 0.3 is 6.18 Å². The fourth-order valence-electron chi connectivity index (χ4n) is 3.64. The second-order valence-electron chi connectivity index (χ2n) is 6.91. The molecular weight excluding hydrogens is 315 g/mol. The van der Waals surface area contributed by atoms with Gasteiger partial charge in [0.25, 0.3) is 0 Å². The Balaban J connectivity index is 1.74. The summed E-state index contributed by atoms with van der Waals surface area (Å²) in [6.45, 7) is -0.950. The van der Waals surface area contributed by atoms with E-state index in [9.17, 15) is 13.2 Å². The molecule has 1 heterocycles. The van der Waals surface area contributed by atoms with Crippen LogP contribution in [0.5, 0.6) is 0 Å². The highest BCUT2D eigenvalue weighted by Gasteiger charge is 2.28. The number of hydrogen-bond acceptors (Lipinski definition) is 2. The first-order chi connectivity index (χ1) is 11.3. The maximum atomic E-state index is 12.7. The Morgan fingerprint density at radius 2 is 1.83 bits per heavy atom. The molecule has 1 aromatic carbocycles. The van der Waals surface area contributed by atoms with Crippen LogP contribution in [-0.4, -0.2) is 41.8 Å². The molecule has 1 fully saturated rings. The molecule has 1 aliphatic carbocycles. The molecule has 0 atom stereocenters. The van der Waals surface area contributed by atoms with E-state index in [-0.39, 0.29) is 0 Å². The smallest absolute Gasteiger partial charge is 0.382 e. The van der Waals surface area contributed by atoms with Gasteiger partial charge in [-0.3, -0.25) is 0 Å². The zero-order valence-electron chi connectivity index (χ0n) is 14.1. The molecule has 1 saturated carbocycles. The van der Waals surface area contributed by atoms with Crippen molar-refractivity contribution in [2.75, 3.05) is 19.4 Å². The fourth-order valence-corrected chi connectivity index (χ4v) is 3.64. The summed E-state index contributed by atoms with van der Waals surface area (Å²) in [6.07, 6.45) is 1.78. The number of hydrogen-bond donors (Lipinski definition) is 1. The van der Waals surface area contributed by atoms with E-state index in [4.69, 9.17) is 0 Å². The molecule has 132 valence electrons. The van der Waals surface area contributed by atoms with Gasteiger partial charge in [0, 0.05) is 29.4 Å². The van der Waals surface area contributed by atoms with Crippen LogP contribution >= 0.6 is 0 Å². The third kappa shape index (κ3) is 3.86. The van der Waals surface area contributed by atoms with E-state index < -0.39 is 12.7 Å². The Kier molecular flexibility index (Phi) is 4.76. The summed E-state index contributed by atoms with van der Waals surface area (Å²) in [5.74, 6) is 0. The Hall–Kier alpha value is -1.69. The van der Waals surface area contributed by atoms with Crippen LogP contribution in [0.1, 0.15) is 25.7 Å². The Morgan fingerprint density at radius 1 is 1.12 bits per heavy atom. The van der Waals surface area contributed by atoms with E-state index in [2.05, 4.69) is 24.3 Å². The number of rotatable bonds is 4. The van der Waals surface area contributed by atoms with E-state index in [0.29, 0.717) is 17.6 Å². The standard InChI is InChI=1S/C18H24F3N3/c1-23(2)14-8-6-13(7-9-14)22-16-4-3-5-17-15(16)10-11-24(17)12-18(19,20)21/h3-5,10-11,13-14,22H,6-9,12H2,1-2H3. The van der Waals surface area contributed by atoms with Crippen LogP contribution in [0.15, 0.2) is 30.5 Å². The number of alkyl halides is 3. The molecule has 0 bridgehead atoms. The van der Waals surface area contributed by atoms with Gasteiger partial charge < -0.3 is 14.8 Å². The summed E-state index contributed by atoms with van der Waals surface area (Å²) in [5, 5.41) is 4.40. The molecule has 24 heavy (non-hydrogen) atoms. The van der Waals surface area contributed by atoms with Crippen molar-refractivity contribution in [3.63, 3.8) is 0 Å². The summed E-state index contributed by atoms with van der Waals surface area (Å²) >= 11 is 0. The van der Waals surface area contributed by atoms with Crippen LogP contribution in [-0.2, 0) is 6.54 Å². The molecule has 1 N–H and O–H groups in total. The summed E-state index contributed by atoms with van der Waals surface area (Å²) in [7, 11) is 4.23. The van der Waals surface area contributed by atoms with Crippen molar-refractivity contribution < 1.29 is 13.2 Å². The molecule has 1 aliphatic rings. The van der Waals surface area contributed by atoms with Gasteiger partial charge in [0.2, 0.25) is 0 Å². The maximum Gasteiger partial charge on any atom is 0.406 e. The van der Waals surface area contributed by atoms with Crippen LogP contribution in [0.25, 0.3) is 10.9 Å². The molecule has 0 amide bonds. The van der Waals surface area contributed by atoms with Crippen molar-refractivity contribution in [1.29, 1.82) is 0 Å². The third-order valence-corrected chi connectivity index (χ3v) is 4.95. The van der Waals surface area contributed by atoms with Gasteiger partial charge in [-0.2, -0.15) is 13.2 Å². The predicted molar refractivity (Wildman–Crippen MR) is 91.3 cm³/mol. The highest BCUT2D eigenvalue weighted by molar-refractivity contribution is 5.92. The lowest BCUT2D eigenvalue weighted by molar-refractivity contribution is -0.139. The molecular formula is C18H24F3N3. The Morgan fingerprint density at radius 3 is 2.46 bits per heavy atom. The van der Waals surface area contributed by atoms with E-state index in [1.807, 2.05) is 12.1 Å². The normalized spacial score (nSPS) is 22.2. The molecule has 0 spiro atoms. The van der Waals surface area contributed by atoms with E-state index >= 15 is 0 Å². The number of aromatic nitrogens is 1. The average molecular weight is 339 g/mol. The fraction of sp³-hybridized carbons (Fsp3) is 0.556. The quantitative estimate of drug-likeness (QED) is 0.886. The minimum Gasteiger partial charge on any atom is -0.382 e. The van der Waals surface area contributed by atoms with Gasteiger partial charge in [-0.05, 0) is 58.0 Å². The molecule has 3 nitrogen and oxygen atoms in total. The molecule has 0 aliphatic heterocycles. The first-order valence-corrected chi connectivity index (χ1v) is 8.41. The average Bonchev–Trinajstić information content (AvgIpc) is 2.90. The zero-order chi connectivity index (χ0) is 17.3. The van der Waals surface area contributed by atoms with Gasteiger partial charge in [0.15, 0.2) is 0 Å². The van der Waals surface area contributed by atoms with Crippen molar-refractivity contribution in [2.45, 2.75) is 50.5 Å². The molecule has 6 heteroatoms. The SMILES string of the molecule is CN(C)C1CCC(Nc2cccc3c2ccn3CC(F)(F)F)CC1. The lowest BCUT2D eigenvalue weighted by Gasteiger charge is -2.33. The predicted octanol–water partition coefficient (Wildman–Crippen LogP) is 4.49. The van der Waals surface area contributed by atoms with Gasteiger partial charge in [-0.15, -0.1) is 0 Å². The van der Waals surface area contributed by atoms with Gasteiger partial charge in [0.05, 0.1) is 5.52 Å². The first-order valence-electron chi connectivity index (χ1n) is 8.41. The Labute approximate surface area is 140 Å². The third-order valence-electron chi connectivity index (χ3n) is 4.95. The first kappa shape index (κ1) is 17.1. The minimum atomic E-state index is -4.21. The number of anilines is 1. The van der Waals surface area contributed by atoms with Crippen LogP contribution in [0.2, 0.25) is 0 Å². The molecule has 0 saturated heterocycles. The highest BCUT2D eigenvalue weighted by atomic mass is 19.4. The molecule has 3 rings (SSSR count). The maximum absolute atomic E-state index is 12.7. The van der Waals surface area contributed by atoms with E-state index in [0.717, 1.165) is 36.8 Å². The second kappa shape index (κ2) is 6.67. The summed E-state index contributed by atoms with van der Waals surface area (Å²) < 4.78 is 39.3. The number of fused-ring (bicyclic) bond motifs is 1. The lowest BCUT2D eigenvalue weighted by Crippen LogP contribution is -2.36. The van der Waals surface area contributed by atoms with Gasteiger partial charge in [0.1, 0.15) is 6.54 Å². The summed E-state index contributed by atoms with van der Waals surface area (Å²) in [5.41, 5.74) is 1.56. The Bertz CT molecular complexity index is 682. The van der Waals surface area contributed by atoms with Crippen LogP contribution in [0, 0.1) is 0 Å². The van der Waals surface area contributed by atoms with E-state index in [1.54, 1.807) is 12.1 Å². The van der Waals surface area contributed by atoms with Crippen LogP contribution < -0.4 is 5.32 Å². The number of nitrogens with zero attached hydrogens (tertiary/aromatic N) is 2.